The predicted octanol–water partition coefficient (Wildman–Crippen LogP) is 3.25. The van der Waals surface area contributed by atoms with Gasteiger partial charge in [0.25, 0.3) is 5.91 Å². The molecule has 1 heterocycles. The number of hydrogen-bond acceptors (Lipinski definition) is 3. The average molecular weight is 309 g/mol. The van der Waals surface area contributed by atoms with Crippen LogP contribution in [-0.2, 0) is 0 Å². The van der Waals surface area contributed by atoms with Crippen molar-refractivity contribution in [3.63, 3.8) is 0 Å². The van der Waals surface area contributed by atoms with E-state index < -0.39 is 11.9 Å². The zero-order chi connectivity index (χ0) is 16.1. The van der Waals surface area contributed by atoms with Crippen molar-refractivity contribution < 1.29 is 9.59 Å². The summed E-state index contributed by atoms with van der Waals surface area (Å²) in [5.74, 6) is -0.415. The van der Waals surface area contributed by atoms with Gasteiger partial charge in [-0.15, -0.1) is 0 Å². The van der Waals surface area contributed by atoms with Crippen molar-refractivity contribution in [3.8, 4) is 0 Å². The van der Waals surface area contributed by atoms with Crippen molar-refractivity contribution in [2.75, 3.05) is 23.3 Å². The number of hydrogen-bond donors (Lipinski definition) is 2. The summed E-state index contributed by atoms with van der Waals surface area (Å²) in [5, 5.41) is 5.13. The number of carbonyl (C=O) groups is 2. The molecular formula is C18H19N3O2. The van der Waals surface area contributed by atoms with E-state index in [1.54, 1.807) is 24.3 Å². The maximum atomic E-state index is 12.1. The van der Waals surface area contributed by atoms with Crippen molar-refractivity contribution >= 4 is 23.3 Å². The molecule has 3 amide bonds. The van der Waals surface area contributed by atoms with Crippen LogP contribution in [-0.4, -0.2) is 25.0 Å². The molecule has 2 aromatic carbocycles. The monoisotopic (exact) mass is 309 g/mol. The lowest BCUT2D eigenvalue weighted by atomic mass is 10.2. The number of nitrogens with zero attached hydrogens (tertiary/aromatic N) is 1. The van der Waals surface area contributed by atoms with Crippen LogP contribution in [0.3, 0.4) is 0 Å². The highest BCUT2D eigenvalue weighted by Gasteiger charge is 2.17. The van der Waals surface area contributed by atoms with Gasteiger partial charge in [-0.2, -0.15) is 0 Å². The molecule has 1 aliphatic heterocycles. The molecule has 5 nitrogen and oxygen atoms in total. The zero-order valence-corrected chi connectivity index (χ0v) is 12.8. The van der Waals surface area contributed by atoms with Crippen molar-refractivity contribution in [1.29, 1.82) is 0 Å². The average Bonchev–Trinajstić information content (AvgIpc) is 3.10. The minimum Gasteiger partial charge on any atom is -0.370 e. The van der Waals surface area contributed by atoms with E-state index in [9.17, 15) is 9.59 Å². The first-order valence-electron chi connectivity index (χ1n) is 7.75. The molecular weight excluding hydrogens is 290 g/mol. The van der Waals surface area contributed by atoms with Gasteiger partial charge in [-0.1, -0.05) is 30.3 Å². The summed E-state index contributed by atoms with van der Waals surface area (Å²) < 4.78 is 0. The summed E-state index contributed by atoms with van der Waals surface area (Å²) in [7, 11) is 0. The molecule has 0 aliphatic carbocycles. The topological polar surface area (TPSA) is 61.4 Å². The molecule has 1 saturated heterocycles. The van der Waals surface area contributed by atoms with Crippen molar-refractivity contribution in [3.05, 3.63) is 60.2 Å². The molecule has 23 heavy (non-hydrogen) atoms. The molecule has 0 unspecified atom stereocenters. The molecule has 0 spiro atoms. The minimum atomic E-state index is -0.523. The van der Waals surface area contributed by atoms with Crippen LogP contribution < -0.4 is 15.5 Å². The van der Waals surface area contributed by atoms with Gasteiger partial charge in [0.2, 0.25) is 0 Å². The third kappa shape index (κ3) is 3.69. The lowest BCUT2D eigenvalue weighted by molar-refractivity contribution is 0.0967. The van der Waals surface area contributed by atoms with Gasteiger partial charge in [0.15, 0.2) is 0 Å². The van der Waals surface area contributed by atoms with Gasteiger partial charge in [0.05, 0.1) is 11.4 Å². The second-order valence-corrected chi connectivity index (χ2v) is 5.49. The fraction of sp³-hybridized carbons (Fsp3) is 0.222. The molecule has 1 fully saturated rings. The number of para-hydroxylation sites is 2. The van der Waals surface area contributed by atoms with Gasteiger partial charge in [-0.25, -0.2) is 4.79 Å². The molecule has 1 aliphatic rings. The van der Waals surface area contributed by atoms with Crippen LogP contribution in [0, 0.1) is 0 Å². The maximum absolute atomic E-state index is 12.1. The highest BCUT2D eigenvalue weighted by atomic mass is 16.2. The molecule has 0 aromatic heterocycles. The van der Waals surface area contributed by atoms with Gasteiger partial charge in [0.1, 0.15) is 0 Å². The lowest BCUT2D eigenvalue weighted by Gasteiger charge is -2.21. The molecule has 5 heteroatoms. The molecule has 0 bridgehead atoms. The Morgan fingerprint density at radius 2 is 1.52 bits per heavy atom. The van der Waals surface area contributed by atoms with Gasteiger partial charge in [0, 0.05) is 18.7 Å². The number of urea groups is 1. The fourth-order valence-electron chi connectivity index (χ4n) is 2.73. The fourth-order valence-corrected chi connectivity index (χ4v) is 2.73. The van der Waals surface area contributed by atoms with Gasteiger partial charge < -0.3 is 10.2 Å². The first kappa shape index (κ1) is 15.1. The van der Waals surface area contributed by atoms with E-state index in [1.807, 2.05) is 30.3 Å². The molecule has 3 rings (SSSR count). The summed E-state index contributed by atoms with van der Waals surface area (Å²) >= 11 is 0. The molecule has 118 valence electrons. The highest BCUT2D eigenvalue weighted by Crippen LogP contribution is 2.28. The second-order valence-electron chi connectivity index (χ2n) is 5.49. The first-order valence-corrected chi connectivity index (χ1v) is 7.75. The van der Waals surface area contributed by atoms with E-state index in [-0.39, 0.29) is 0 Å². The van der Waals surface area contributed by atoms with Crippen LogP contribution in [0.15, 0.2) is 54.6 Å². The Hall–Kier alpha value is -2.82. The van der Waals surface area contributed by atoms with Crippen LogP contribution in [0.25, 0.3) is 0 Å². The molecule has 0 saturated carbocycles. The van der Waals surface area contributed by atoms with E-state index >= 15 is 0 Å². The lowest BCUT2D eigenvalue weighted by Crippen LogP contribution is -2.34. The zero-order valence-electron chi connectivity index (χ0n) is 12.8. The largest absolute Gasteiger partial charge is 0.370 e. The Bertz CT molecular complexity index is 694. The van der Waals surface area contributed by atoms with Crippen LogP contribution >= 0.6 is 0 Å². The number of amides is 3. The number of rotatable bonds is 3. The van der Waals surface area contributed by atoms with Gasteiger partial charge in [-0.3, -0.25) is 10.1 Å². The van der Waals surface area contributed by atoms with Crippen molar-refractivity contribution in [1.82, 2.24) is 5.32 Å². The van der Waals surface area contributed by atoms with Crippen LogP contribution in [0.2, 0.25) is 0 Å². The predicted molar refractivity (Wildman–Crippen MR) is 90.8 cm³/mol. The second kappa shape index (κ2) is 6.96. The smallest absolute Gasteiger partial charge is 0.326 e. The Morgan fingerprint density at radius 1 is 0.870 bits per heavy atom. The molecule has 0 radical (unpaired) electrons. The van der Waals surface area contributed by atoms with Crippen LogP contribution in [0.4, 0.5) is 16.2 Å². The van der Waals surface area contributed by atoms with Gasteiger partial charge >= 0.3 is 6.03 Å². The Kier molecular flexibility index (Phi) is 4.57. The number of anilines is 2. The van der Waals surface area contributed by atoms with E-state index in [4.69, 9.17) is 0 Å². The Balaban J connectivity index is 1.67. The standard InChI is InChI=1S/C18H19N3O2/c22-17(14-8-2-1-3-9-14)20-18(23)19-15-10-4-5-11-16(15)21-12-6-7-13-21/h1-5,8-11H,6-7,12-13H2,(H2,19,20,22,23). The summed E-state index contributed by atoms with van der Waals surface area (Å²) in [6, 6.07) is 15.8. The van der Waals surface area contributed by atoms with Gasteiger partial charge in [-0.05, 0) is 37.1 Å². The normalized spacial score (nSPS) is 13.7. The van der Waals surface area contributed by atoms with E-state index in [1.165, 1.54) is 0 Å². The Labute approximate surface area is 135 Å². The molecule has 0 atom stereocenters. The maximum Gasteiger partial charge on any atom is 0.326 e. The Morgan fingerprint density at radius 3 is 2.26 bits per heavy atom. The summed E-state index contributed by atoms with van der Waals surface area (Å²) in [4.78, 5) is 26.4. The van der Waals surface area contributed by atoms with E-state index in [0.29, 0.717) is 11.3 Å². The van der Waals surface area contributed by atoms with Crippen LogP contribution in [0.5, 0.6) is 0 Å². The van der Waals surface area contributed by atoms with E-state index in [0.717, 1.165) is 31.6 Å². The third-order valence-corrected chi connectivity index (χ3v) is 3.86. The number of imide groups is 1. The summed E-state index contributed by atoms with van der Waals surface area (Å²) in [6.45, 7) is 1.98. The number of benzene rings is 2. The quantitative estimate of drug-likeness (QED) is 0.915. The van der Waals surface area contributed by atoms with E-state index in [2.05, 4.69) is 15.5 Å². The first-order chi connectivity index (χ1) is 11.2. The third-order valence-electron chi connectivity index (χ3n) is 3.86. The minimum absolute atomic E-state index is 0.415. The number of carbonyl (C=O) groups excluding carboxylic acids is 2. The highest BCUT2D eigenvalue weighted by molar-refractivity contribution is 6.08. The molecule has 2 aromatic rings. The summed E-state index contributed by atoms with van der Waals surface area (Å²) in [5.41, 5.74) is 2.16. The van der Waals surface area contributed by atoms with Crippen molar-refractivity contribution in [2.45, 2.75) is 12.8 Å². The summed E-state index contributed by atoms with van der Waals surface area (Å²) in [6.07, 6.45) is 2.32. The number of nitrogens with one attached hydrogen (secondary N) is 2. The van der Waals surface area contributed by atoms with Crippen molar-refractivity contribution in [2.24, 2.45) is 0 Å². The molecule has 2 N–H and O–H groups in total. The van der Waals surface area contributed by atoms with Crippen LogP contribution in [0.1, 0.15) is 23.2 Å². The SMILES string of the molecule is O=C(NC(=O)c1ccccc1)Nc1ccccc1N1CCCC1.